The van der Waals surface area contributed by atoms with Gasteiger partial charge in [0.25, 0.3) is 11.8 Å². The zero-order valence-corrected chi connectivity index (χ0v) is 18.8. The number of rotatable bonds is 5. The Bertz CT molecular complexity index is 1180. The van der Waals surface area contributed by atoms with Crippen LogP contribution in [0.1, 0.15) is 22.3 Å². The molecule has 0 N–H and O–H groups in total. The van der Waals surface area contributed by atoms with E-state index in [-0.39, 0.29) is 18.5 Å². The highest BCUT2D eigenvalue weighted by Gasteiger charge is 2.44. The number of anilines is 1. The minimum Gasteiger partial charge on any atom is -0.322 e. The molecule has 1 saturated heterocycles. The molecule has 32 heavy (non-hydrogen) atoms. The highest BCUT2D eigenvalue weighted by atomic mass is 127. The number of carbonyl (C=O) groups is 3. The van der Waals surface area contributed by atoms with Crippen LogP contribution in [0, 0.1) is 15.2 Å². The Hall–Kier alpha value is -3.14. The van der Waals surface area contributed by atoms with Gasteiger partial charge in [-0.05, 0) is 76.7 Å². The molecule has 0 aliphatic carbocycles. The molecule has 8 heteroatoms. The second kappa shape index (κ2) is 9.15. The molecule has 0 spiro atoms. The minimum absolute atomic E-state index is 0.0857. The van der Waals surface area contributed by atoms with Crippen molar-refractivity contribution in [3.63, 3.8) is 0 Å². The molecule has 4 rings (SSSR count). The summed E-state index contributed by atoms with van der Waals surface area (Å²) in [5, 5.41) is 0. The fraction of sp³-hybridized carbons (Fsp3) is 0.125. The maximum Gasteiger partial charge on any atom is 0.257 e. The van der Waals surface area contributed by atoms with E-state index in [2.05, 4.69) is 22.6 Å². The van der Waals surface area contributed by atoms with E-state index < -0.39 is 35.4 Å². The lowest BCUT2D eigenvalue weighted by atomic mass is 10.1. The van der Waals surface area contributed by atoms with Gasteiger partial charge >= 0.3 is 0 Å². The molecule has 1 atom stereocenters. The van der Waals surface area contributed by atoms with Crippen LogP contribution in [0.5, 0.6) is 0 Å². The first-order valence-corrected chi connectivity index (χ1v) is 10.9. The summed E-state index contributed by atoms with van der Waals surface area (Å²) in [5.41, 5.74) is 0.745. The second-order valence-electron chi connectivity index (χ2n) is 7.30. The summed E-state index contributed by atoms with van der Waals surface area (Å²) < 4.78 is 28.7. The Morgan fingerprint density at radius 3 is 2.28 bits per heavy atom. The average molecular weight is 546 g/mol. The van der Waals surface area contributed by atoms with Crippen molar-refractivity contribution in [1.82, 2.24) is 4.90 Å². The number of benzene rings is 3. The largest absolute Gasteiger partial charge is 0.322 e. The van der Waals surface area contributed by atoms with Gasteiger partial charge in [-0.3, -0.25) is 14.4 Å². The molecular weight excluding hydrogens is 529 g/mol. The predicted octanol–water partition coefficient (Wildman–Crippen LogP) is 4.54. The second-order valence-corrected chi connectivity index (χ2v) is 8.55. The topological polar surface area (TPSA) is 57.7 Å². The molecule has 0 aromatic heterocycles. The first kappa shape index (κ1) is 22.1. The molecule has 1 aliphatic heterocycles. The molecule has 3 aromatic carbocycles. The van der Waals surface area contributed by atoms with Gasteiger partial charge in [-0.1, -0.05) is 24.3 Å². The highest BCUT2D eigenvalue weighted by molar-refractivity contribution is 14.1. The average Bonchev–Trinajstić information content (AvgIpc) is 3.07. The van der Waals surface area contributed by atoms with E-state index in [0.29, 0.717) is 11.3 Å². The fourth-order valence-corrected chi connectivity index (χ4v) is 3.98. The summed E-state index contributed by atoms with van der Waals surface area (Å²) in [6, 6.07) is 16.6. The third-order valence-corrected chi connectivity index (χ3v) is 5.93. The van der Waals surface area contributed by atoms with E-state index in [1.54, 1.807) is 24.3 Å². The molecule has 1 aliphatic rings. The number of hydrogen-bond acceptors (Lipinski definition) is 3. The van der Waals surface area contributed by atoms with Crippen molar-refractivity contribution in [1.29, 1.82) is 0 Å². The van der Waals surface area contributed by atoms with Crippen LogP contribution in [0.15, 0.2) is 72.8 Å². The summed E-state index contributed by atoms with van der Waals surface area (Å²) >= 11 is 2.11. The molecule has 0 bridgehead atoms. The third-order valence-electron chi connectivity index (χ3n) is 5.22. The Balaban J connectivity index is 1.70. The van der Waals surface area contributed by atoms with Gasteiger partial charge in [0, 0.05) is 10.1 Å². The van der Waals surface area contributed by atoms with Gasteiger partial charge < -0.3 is 4.90 Å². The smallest absolute Gasteiger partial charge is 0.257 e. The van der Waals surface area contributed by atoms with Gasteiger partial charge in [-0.25, -0.2) is 13.7 Å². The molecular formula is C24H17F2IN2O3. The molecule has 0 radical (unpaired) electrons. The van der Waals surface area contributed by atoms with E-state index >= 15 is 0 Å². The van der Waals surface area contributed by atoms with Gasteiger partial charge in [0.15, 0.2) is 0 Å². The van der Waals surface area contributed by atoms with Crippen LogP contribution in [-0.4, -0.2) is 28.7 Å². The summed E-state index contributed by atoms with van der Waals surface area (Å²) in [5.74, 6) is -2.91. The lowest BCUT2D eigenvalue weighted by Gasteiger charge is -2.28. The number of carbonyl (C=O) groups excluding carboxylic acids is 3. The van der Waals surface area contributed by atoms with Crippen LogP contribution in [0.2, 0.25) is 0 Å². The Labute approximate surface area is 196 Å². The molecule has 1 fully saturated rings. The lowest BCUT2D eigenvalue weighted by Crippen LogP contribution is -2.45. The predicted molar refractivity (Wildman–Crippen MR) is 123 cm³/mol. The lowest BCUT2D eigenvalue weighted by molar-refractivity contribution is -0.122. The zero-order valence-electron chi connectivity index (χ0n) is 16.7. The monoisotopic (exact) mass is 546 g/mol. The van der Waals surface area contributed by atoms with Crippen molar-refractivity contribution in [3.05, 3.63) is 99.1 Å². The highest BCUT2D eigenvalue weighted by Crippen LogP contribution is 2.28. The number of hydrogen-bond donors (Lipinski definition) is 0. The van der Waals surface area contributed by atoms with Gasteiger partial charge in [0.1, 0.15) is 17.7 Å². The van der Waals surface area contributed by atoms with Crippen molar-refractivity contribution in [2.45, 2.75) is 19.0 Å². The van der Waals surface area contributed by atoms with Crippen molar-refractivity contribution >= 4 is 46.0 Å². The van der Waals surface area contributed by atoms with Crippen LogP contribution < -0.4 is 4.90 Å². The maximum atomic E-state index is 14.4. The molecule has 5 nitrogen and oxygen atoms in total. The van der Waals surface area contributed by atoms with Crippen molar-refractivity contribution in [2.24, 2.45) is 0 Å². The molecule has 3 amide bonds. The Morgan fingerprint density at radius 1 is 0.969 bits per heavy atom. The van der Waals surface area contributed by atoms with Crippen LogP contribution >= 0.6 is 22.6 Å². The first-order valence-electron chi connectivity index (χ1n) is 9.77. The molecule has 1 unspecified atom stereocenters. The number of imide groups is 1. The molecule has 0 saturated carbocycles. The normalized spacial score (nSPS) is 15.8. The van der Waals surface area contributed by atoms with Gasteiger partial charge in [-0.2, -0.15) is 0 Å². The minimum atomic E-state index is -1.11. The Kier molecular flexibility index (Phi) is 6.31. The summed E-state index contributed by atoms with van der Waals surface area (Å²) in [6.45, 7) is -0.0857. The summed E-state index contributed by atoms with van der Waals surface area (Å²) in [6.07, 6.45) is -0.230. The number of nitrogens with zero attached hydrogens (tertiary/aromatic N) is 2. The van der Waals surface area contributed by atoms with E-state index in [9.17, 15) is 23.2 Å². The number of amides is 3. The van der Waals surface area contributed by atoms with Crippen molar-refractivity contribution in [2.75, 3.05) is 4.90 Å². The van der Waals surface area contributed by atoms with Crippen LogP contribution in [0.3, 0.4) is 0 Å². The Morgan fingerprint density at radius 2 is 1.62 bits per heavy atom. The zero-order chi connectivity index (χ0) is 22.8. The van der Waals surface area contributed by atoms with E-state index in [4.69, 9.17) is 0 Å². The van der Waals surface area contributed by atoms with Crippen LogP contribution in [-0.2, 0) is 16.1 Å². The summed E-state index contributed by atoms with van der Waals surface area (Å²) in [4.78, 5) is 41.5. The quantitative estimate of drug-likeness (QED) is 0.349. The molecule has 3 aromatic rings. The van der Waals surface area contributed by atoms with E-state index in [1.807, 2.05) is 0 Å². The molecule has 162 valence electrons. The standard InChI is InChI=1S/C24H17F2IN2O3/c25-16-7-5-15(6-8-16)14-28(23(31)19-3-1-2-4-20(19)26)21-13-22(30)29(24(21)32)18-11-9-17(27)10-12-18/h1-12,21H,13-14H2. The van der Waals surface area contributed by atoms with Crippen molar-refractivity contribution < 1.29 is 23.2 Å². The van der Waals surface area contributed by atoms with E-state index in [1.165, 1.54) is 47.4 Å². The van der Waals surface area contributed by atoms with E-state index in [0.717, 1.165) is 14.5 Å². The third kappa shape index (κ3) is 4.40. The van der Waals surface area contributed by atoms with Crippen LogP contribution in [0.25, 0.3) is 0 Å². The van der Waals surface area contributed by atoms with Gasteiger partial charge in [0.05, 0.1) is 17.7 Å². The van der Waals surface area contributed by atoms with Crippen LogP contribution in [0.4, 0.5) is 14.5 Å². The maximum absolute atomic E-state index is 14.4. The first-order chi connectivity index (χ1) is 15.3. The summed E-state index contributed by atoms with van der Waals surface area (Å²) in [7, 11) is 0. The number of halogens is 3. The fourth-order valence-electron chi connectivity index (χ4n) is 3.62. The van der Waals surface area contributed by atoms with Gasteiger partial charge in [0.2, 0.25) is 5.91 Å². The molecule has 1 heterocycles. The van der Waals surface area contributed by atoms with Crippen molar-refractivity contribution in [3.8, 4) is 0 Å². The van der Waals surface area contributed by atoms with Gasteiger partial charge in [-0.15, -0.1) is 0 Å². The SMILES string of the molecule is O=C1CC(N(Cc2ccc(F)cc2)C(=O)c2ccccc2F)C(=O)N1c1ccc(I)cc1.